The topological polar surface area (TPSA) is 16.3 Å². The highest BCUT2D eigenvalue weighted by atomic mass is 15.2. The summed E-state index contributed by atoms with van der Waals surface area (Å²) in [6.07, 6.45) is 0. The molecule has 15 rings (SSSR count). The number of nitrogens with zero attached hydrogens (tertiary/aromatic N) is 4. The molecule has 0 spiro atoms. The number of fused-ring (bicyclic) bond motifs is 6. The average Bonchev–Trinajstić information content (AvgIpc) is 3.99. The van der Waals surface area contributed by atoms with E-state index >= 15 is 0 Å². The molecule has 0 fully saturated rings. The van der Waals surface area contributed by atoms with E-state index in [4.69, 9.17) is 0 Å². The van der Waals surface area contributed by atoms with Gasteiger partial charge in [-0.05, 0) is 141 Å². The summed E-state index contributed by atoms with van der Waals surface area (Å²) in [7, 11) is 0. The first-order chi connectivity index (χ1) is 36.7. The Labute approximate surface area is 428 Å². The van der Waals surface area contributed by atoms with Gasteiger partial charge in [-0.3, -0.25) is 0 Å². The molecule has 2 aromatic heterocycles. The molecular weight excluding hydrogens is 897 g/mol. The molecule has 0 N–H and O–H groups in total. The summed E-state index contributed by atoms with van der Waals surface area (Å²) >= 11 is 0. The van der Waals surface area contributed by atoms with Crippen molar-refractivity contribution in [2.45, 2.75) is 0 Å². The smallest absolute Gasteiger partial charge is 0.0561 e. The number of hydrogen-bond donors (Lipinski definition) is 0. The van der Waals surface area contributed by atoms with Crippen molar-refractivity contribution in [3.05, 3.63) is 279 Å². The number of anilines is 6. The van der Waals surface area contributed by atoms with Gasteiger partial charge in [0.05, 0.1) is 27.8 Å². The monoisotopic (exact) mass is 942 g/mol. The van der Waals surface area contributed by atoms with Crippen molar-refractivity contribution in [1.29, 1.82) is 0 Å². The third-order valence-corrected chi connectivity index (χ3v) is 15.2. The highest BCUT2D eigenvalue weighted by Gasteiger charge is 2.23. The van der Waals surface area contributed by atoms with E-state index < -0.39 is 0 Å². The zero-order valence-electron chi connectivity index (χ0n) is 40.3. The maximum Gasteiger partial charge on any atom is 0.0561 e. The van der Waals surface area contributed by atoms with Gasteiger partial charge in [0.25, 0.3) is 0 Å². The van der Waals surface area contributed by atoms with Crippen molar-refractivity contribution in [3.63, 3.8) is 0 Å². The Hall–Kier alpha value is -9.90. The van der Waals surface area contributed by atoms with E-state index in [-0.39, 0.29) is 0 Å². The van der Waals surface area contributed by atoms with Crippen molar-refractivity contribution in [1.82, 2.24) is 9.13 Å². The van der Waals surface area contributed by atoms with E-state index in [2.05, 4.69) is 298 Å². The van der Waals surface area contributed by atoms with Crippen LogP contribution in [-0.2, 0) is 0 Å². The van der Waals surface area contributed by atoms with Gasteiger partial charge < -0.3 is 18.9 Å². The van der Waals surface area contributed by atoms with Gasteiger partial charge in [0.1, 0.15) is 0 Å². The predicted molar refractivity (Wildman–Crippen MR) is 314 cm³/mol. The number of benzene rings is 13. The van der Waals surface area contributed by atoms with Crippen molar-refractivity contribution in [3.8, 4) is 22.5 Å². The van der Waals surface area contributed by atoms with E-state index in [1.807, 2.05) is 0 Å². The minimum atomic E-state index is 1.09. The largest absolute Gasteiger partial charge is 0.310 e. The van der Waals surface area contributed by atoms with Gasteiger partial charge in [0, 0.05) is 66.7 Å². The van der Waals surface area contributed by atoms with Gasteiger partial charge >= 0.3 is 0 Å². The fourth-order valence-electron chi connectivity index (χ4n) is 12.0. The zero-order valence-corrected chi connectivity index (χ0v) is 40.3. The Kier molecular flexibility index (Phi) is 9.54. The van der Waals surface area contributed by atoms with Crippen molar-refractivity contribution < 1.29 is 0 Å². The van der Waals surface area contributed by atoms with E-state index in [0.29, 0.717) is 0 Å². The molecule has 4 heteroatoms. The average molecular weight is 943 g/mol. The van der Waals surface area contributed by atoms with Gasteiger partial charge in [0.2, 0.25) is 0 Å². The molecule has 74 heavy (non-hydrogen) atoms. The lowest BCUT2D eigenvalue weighted by molar-refractivity contribution is 1.18. The first kappa shape index (κ1) is 41.8. The molecule has 13 aromatic carbocycles. The Morgan fingerprint density at radius 1 is 0.243 bits per heavy atom. The molecule has 0 amide bonds. The minimum absolute atomic E-state index is 1.09. The number of para-hydroxylation sites is 6. The van der Waals surface area contributed by atoms with E-state index in [1.165, 1.54) is 87.1 Å². The summed E-state index contributed by atoms with van der Waals surface area (Å²) in [4.78, 5) is 4.81. The summed E-state index contributed by atoms with van der Waals surface area (Å²) in [5.74, 6) is 0. The van der Waals surface area contributed by atoms with Crippen LogP contribution in [-0.4, -0.2) is 9.13 Å². The van der Waals surface area contributed by atoms with Crippen molar-refractivity contribution in [2.24, 2.45) is 0 Å². The molecule has 0 saturated heterocycles. The van der Waals surface area contributed by atoms with Gasteiger partial charge in [-0.2, -0.15) is 0 Å². The molecule has 0 aliphatic heterocycles. The molecule has 0 aliphatic carbocycles. The van der Waals surface area contributed by atoms with Crippen molar-refractivity contribution >= 4 is 110 Å². The normalized spacial score (nSPS) is 11.8. The first-order valence-corrected chi connectivity index (χ1v) is 25.4. The van der Waals surface area contributed by atoms with Gasteiger partial charge in [-0.15, -0.1) is 0 Å². The predicted octanol–water partition coefficient (Wildman–Crippen LogP) is 19.4. The molecule has 0 radical (unpaired) electrons. The maximum atomic E-state index is 2.44. The van der Waals surface area contributed by atoms with E-state index in [0.717, 1.165) is 45.5 Å². The number of rotatable bonds is 9. The highest BCUT2D eigenvalue weighted by molar-refractivity contribution is 6.28. The number of aromatic nitrogens is 2. The fourth-order valence-corrected chi connectivity index (χ4v) is 12.0. The van der Waals surface area contributed by atoms with E-state index in [1.54, 1.807) is 0 Å². The maximum absolute atomic E-state index is 2.44. The van der Waals surface area contributed by atoms with Gasteiger partial charge in [0.15, 0.2) is 0 Å². The van der Waals surface area contributed by atoms with Crippen LogP contribution in [0.2, 0.25) is 0 Å². The first-order valence-electron chi connectivity index (χ1n) is 25.4. The quantitative estimate of drug-likeness (QED) is 0.134. The van der Waals surface area contributed by atoms with Crippen molar-refractivity contribution in [2.75, 3.05) is 9.80 Å². The lowest BCUT2D eigenvalue weighted by Gasteiger charge is -2.28. The lowest BCUT2D eigenvalue weighted by atomic mass is 9.89. The number of hydrogen-bond acceptors (Lipinski definition) is 2. The SMILES string of the molecule is c1ccc(N(c2ccc(-c3ccc4ccc5c(N(c6ccccc6)c6ccc7c8ccccc8n(-c8ccccc8)c7c6)ccc6ccc3c4c65)cc2)c2ccc3c4ccccc4n(-c4ccccc4)c3c2)cc1. The van der Waals surface area contributed by atoms with Crippen LogP contribution in [0.3, 0.4) is 0 Å². The third-order valence-electron chi connectivity index (χ3n) is 15.2. The summed E-state index contributed by atoms with van der Waals surface area (Å²) in [5.41, 5.74) is 16.0. The minimum Gasteiger partial charge on any atom is -0.310 e. The molecule has 4 nitrogen and oxygen atoms in total. The molecule has 0 unspecified atom stereocenters. The Morgan fingerprint density at radius 2 is 0.635 bits per heavy atom. The van der Waals surface area contributed by atoms with Crippen LogP contribution in [0.1, 0.15) is 0 Å². The molecule has 0 bridgehead atoms. The lowest BCUT2D eigenvalue weighted by Crippen LogP contribution is -2.10. The molecule has 0 atom stereocenters. The van der Waals surface area contributed by atoms with Crippen LogP contribution in [0.25, 0.3) is 98.4 Å². The molecule has 15 aromatic rings. The molecule has 0 aliphatic rings. The Bertz CT molecular complexity index is 4580. The van der Waals surface area contributed by atoms with E-state index in [9.17, 15) is 0 Å². The summed E-state index contributed by atoms with van der Waals surface area (Å²) in [6, 6.07) is 102. The second-order valence-corrected chi connectivity index (χ2v) is 19.3. The van der Waals surface area contributed by atoms with Crippen LogP contribution in [0.15, 0.2) is 279 Å². The third kappa shape index (κ3) is 6.55. The van der Waals surface area contributed by atoms with Crippen LogP contribution in [0.5, 0.6) is 0 Å². The second-order valence-electron chi connectivity index (χ2n) is 19.3. The molecule has 0 saturated carbocycles. The second kappa shape index (κ2) is 16.9. The summed E-state index contributed by atoms with van der Waals surface area (Å²) in [6.45, 7) is 0. The summed E-state index contributed by atoms with van der Waals surface area (Å²) < 4.78 is 4.79. The van der Waals surface area contributed by atoms with Crippen LogP contribution < -0.4 is 9.80 Å². The highest BCUT2D eigenvalue weighted by Crippen LogP contribution is 2.47. The molecule has 346 valence electrons. The fraction of sp³-hybridized carbons (Fsp3) is 0. The van der Waals surface area contributed by atoms with Crippen LogP contribution in [0.4, 0.5) is 34.1 Å². The molecule has 2 heterocycles. The Morgan fingerprint density at radius 3 is 1.20 bits per heavy atom. The van der Waals surface area contributed by atoms with Gasteiger partial charge in [-0.25, -0.2) is 0 Å². The van der Waals surface area contributed by atoms with Crippen LogP contribution in [0, 0.1) is 0 Å². The van der Waals surface area contributed by atoms with Gasteiger partial charge in [-0.1, -0.05) is 176 Å². The summed E-state index contributed by atoms with van der Waals surface area (Å²) in [5, 5.41) is 12.4. The Balaban J connectivity index is 0.864. The molecular formula is C70H46N4. The zero-order chi connectivity index (χ0) is 48.7. The van der Waals surface area contributed by atoms with Crippen LogP contribution >= 0.6 is 0 Å². The standard InChI is InChI=1S/C70H46N4/c1-5-17-50(18-6-1)71(55-37-42-60-58-25-13-15-27-64(58)73(67(60)45-55)52-21-9-3-10-22-52)54-35-29-47(30-36-54)57-39-31-48-33-41-63-66(44-34-49-32-40-62(57)69(48)70(49)63)72(51-19-7-2-8-20-51)56-38-43-61-59-26-14-16-28-65(59)74(68(61)46-56)53-23-11-4-12-24-53/h1-46H.